The number of ether oxygens (including phenoxy) is 2. The van der Waals surface area contributed by atoms with Gasteiger partial charge in [0.2, 0.25) is 11.6 Å². The second-order valence-electron chi connectivity index (χ2n) is 8.97. The lowest BCUT2D eigenvalue weighted by Crippen LogP contribution is -2.70. The van der Waals surface area contributed by atoms with E-state index in [1.807, 2.05) is 0 Å². The molecule has 0 aliphatic carbocycles. The van der Waals surface area contributed by atoms with Gasteiger partial charge in [-0.25, -0.2) is 9.59 Å². The number of esters is 1. The molecule has 0 bridgehead atoms. The van der Waals surface area contributed by atoms with Crippen LogP contribution in [-0.2, 0) is 23.9 Å². The molecule has 4 amide bonds. The Morgan fingerprint density at radius 1 is 1.00 bits per heavy atom. The number of hydrogen-bond acceptors (Lipinski definition) is 7. The summed E-state index contributed by atoms with van der Waals surface area (Å²) < 4.78 is 10.5. The number of para-hydroxylation sites is 1. The molecule has 188 valence electrons. The number of amides is 4. The minimum Gasteiger partial charge on any atom is -0.452 e. The molecule has 35 heavy (non-hydrogen) atoms. The fourth-order valence-electron chi connectivity index (χ4n) is 5.06. The van der Waals surface area contributed by atoms with Crippen molar-refractivity contribution in [2.75, 3.05) is 44.3 Å². The Balaban J connectivity index is 1.50. The third-order valence-corrected chi connectivity index (χ3v) is 6.63. The lowest BCUT2D eigenvalue weighted by molar-refractivity contribution is -0.163. The molecule has 3 heterocycles. The first-order valence-corrected chi connectivity index (χ1v) is 11.8. The Labute approximate surface area is 203 Å². The van der Waals surface area contributed by atoms with Crippen molar-refractivity contribution < 1.29 is 33.4 Å². The average molecular weight is 487 g/mol. The van der Waals surface area contributed by atoms with Crippen LogP contribution in [0.1, 0.15) is 44.0 Å². The number of nitrogens with zero attached hydrogens (tertiary/aromatic N) is 4. The highest BCUT2D eigenvalue weighted by Gasteiger charge is 2.62. The van der Waals surface area contributed by atoms with E-state index >= 15 is 0 Å². The van der Waals surface area contributed by atoms with Gasteiger partial charge in [0, 0.05) is 45.1 Å². The summed E-state index contributed by atoms with van der Waals surface area (Å²) in [5.74, 6) is -1.86. The van der Waals surface area contributed by atoms with Gasteiger partial charge in [0.15, 0.2) is 6.61 Å². The minimum absolute atomic E-state index is 0.0731. The molecule has 0 N–H and O–H groups in total. The van der Waals surface area contributed by atoms with E-state index in [9.17, 15) is 24.0 Å². The molecule has 11 heteroatoms. The summed E-state index contributed by atoms with van der Waals surface area (Å²) in [6.07, 6.45) is -0.272. The zero-order valence-electron chi connectivity index (χ0n) is 20.2. The zero-order chi connectivity index (χ0) is 25.3. The van der Waals surface area contributed by atoms with Crippen molar-refractivity contribution in [1.29, 1.82) is 0 Å². The number of anilines is 1. The number of carbonyl (C=O) groups is 5. The van der Waals surface area contributed by atoms with Crippen LogP contribution in [0.4, 0.5) is 10.5 Å². The summed E-state index contributed by atoms with van der Waals surface area (Å²) in [7, 11) is 0. The quantitative estimate of drug-likeness (QED) is 0.575. The van der Waals surface area contributed by atoms with Crippen molar-refractivity contribution in [3.8, 4) is 0 Å². The molecule has 1 aromatic rings. The number of rotatable bonds is 5. The fraction of sp³-hybridized carbons (Fsp3) is 0.542. The predicted molar refractivity (Wildman–Crippen MR) is 123 cm³/mol. The van der Waals surface area contributed by atoms with E-state index in [2.05, 4.69) is 0 Å². The smallest absolute Gasteiger partial charge is 0.409 e. The standard InChI is InChI=1S/C24H30N4O7/c1-4-34-23(33)26-13-11-25(12-14-26)20(30)15-35-22(32)24-10-9-19(29)28(24)18-8-6-5-7-17(18)21(31)27(24)16(2)3/h5-8,16H,4,9-15H2,1-3H3. The molecule has 1 unspecified atom stereocenters. The summed E-state index contributed by atoms with van der Waals surface area (Å²) in [5, 5.41) is 0. The van der Waals surface area contributed by atoms with Crippen LogP contribution in [0.5, 0.6) is 0 Å². The van der Waals surface area contributed by atoms with Gasteiger partial charge >= 0.3 is 12.1 Å². The van der Waals surface area contributed by atoms with E-state index < -0.39 is 36.3 Å². The first-order valence-electron chi connectivity index (χ1n) is 11.8. The van der Waals surface area contributed by atoms with Crippen molar-refractivity contribution in [1.82, 2.24) is 14.7 Å². The molecular weight excluding hydrogens is 456 g/mol. The first-order chi connectivity index (χ1) is 16.7. The van der Waals surface area contributed by atoms with Crippen molar-refractivity contribution in [2.24, 2.45) is 0 Å². The van der Waals surface area contributed by atoms with E-state index in [4.69, 9.17) is 9.47 Å². The Morgan fingerprint density at radius 2 is 1.66 bits per heavy atom. The highest BCUT2D eigenvalue weighted by atomic mass is 16.6. The fourth-order valence-corrected chi connectivity index (χ4v) is 5.06. The van der Waals surface area contributed by atoms with Crippen molar-refractivity contribution in [3.05, 3.63) is 29.8 Å². The van der Waals surface area contributed by atoms with Crippen LogP contribution in [0.15, 0.2) is 24.3 Å². The average Bonchev–Trinajstić information content (AvgIpc) is 3.20. The number of hydrogen-bond donors (Lipinski definition) is 0. The van der Waals surface area contributed by atoms with E-state index in [-0.39, 0.29) is 44.4 Å². The highest BCUT2D eigenvalue weighted by molar-refractivity contribution is 6.15. The van der Waals surface area contributed by atoms with Gasteiger partial charge in [0.25, 0.3) is 11.8 Å². The second kappa shape index (κ2) is 9.55. The Kier molecular flexibility index (Phi) is 6.68. The molecule has 1 aromatic carbocycles. The molecule has 11 nitrogen and oxygen atoms in total. The van der Waals surface area contributed by atoms with Gasteiger partial charge in [0.1, 0.15) is 0 Å². The molecule has 2 saturated heterocycles. The SMILES string of the molecule is CCOC(=O)N1CCN(C(=O)COC(=O)C23CCC(=O)N2c2ccccc2C(=O)N3C(C)C)CC1. The summed E-state index contributed by atoms with van der Waals surface area (Å²) in [4.78, 5) is 70.3. The lowest BCUT2D eigenvalue weighted by Gasteiger charge is -2.50. The largest absolute Gasteiger partial charge is 0.452 e. The maximum atomic E-state index is 13.6. The van der Waals surface area contributed by atoms with Crippen LogP contribution >= 0.6 is 0 Å². The number of benzene rings is 1. The maximum absolute atomic E-state index is 13.6. The normalized spacial score (nSPS) is 21.7. The van der Waals surface area contributed by atoms with E-state index in [0.717, 1.165) is 0 Å². The zero-order valence-corrected chi connectivity index (χ0v) is 20.2. The van der Waals surface area contributed by atoms with Crippen molar-refractivity contribution >= 4 is 35.5 Å². The maximum Gasteiger partial charge on any atom is 0.409 e. The van der Waals surface area contributed by atoms with Crippen LogP contribution < -0.4 is 4.90 Å². The van der Waals surface area contributed by atoms with Crippen LogP contribution in [0.3, 0.4) is 0 Å². The van der Waals surface area contributed by atoms with Crippen molar-refractivity contribution in [3.63, 3.8) is 0 Å². The molecule has 4 rings (SSSR count). The third-order valence-electron chi connectivity index (χ3n) is 6.63. The second-order valence-corrected chi connectivity index (χ2v) is 8.97. The Bertz CT molecular complexity index is 1050. The van der Waals surface area contributed by atoms with Gasteiger partial charge in [-0.2, -0.15) is 0 Å². The van der Waals surface area contributed by atoms with Gasteiger partial charge in [-0.05, 0) is 32.9 Å². The van der Waals surface area contributed by atoms with E-state index in [1.54, 1.807) is 45.0 Å². The van der Waals surface area contributed by atoms with Crippen molar-refractivity contribution in [2.45, 2.75) is 45.3 Å². The summed E-state index contributed by atoms with van der Waals surface area (Å²) in [6.45, 7) is 6.23. The van der Waals surface area contributed by atoms with Crippen LogP contribution in [0.2, 0.25) is 0 Å². The monoisotopic (exact) mass is 486 g/mol. The first kappa shape index (κ1) is 24.5. The summed E-state index contributed by atoms with van der Waals surface area (Å²) >= 11 is 0. The summed E-state index contributed by atoms with van der Waals surface area (Å²) in [5.41, 5.74) is -0.926. The number of piperazine rings is 1. The van der Waals surface area contributed by atoms with Crippen LogP contribution in [0.25, 0.3) is 0 Å². The molecule has 0 spiro atoms. The predicted octanol–water partition coefficient (Wildman–Crippen LogP) is 1.22. The van der Waals surface area contributed by atoms with Gasteiger partial charge in [0.05, 0.1) is 17.9 Å². The molecule has 3 aliphatic heterocycles. The molecule has 0 saturated carbocycles. The van der Waals surface area contributed by atoms with Gasteiger partial charge in [-0.1, -0.05) is 12.1 Å². The number of fused-ring (bicyclic) bond motifs is 3. The topological polar surface area (TPSA) is 117 Å². The molecule has 2 fully saturated rings. The molecule has 1 atom stereocenters. The van der Waals surface area contributed by atoms with Gasteiger partial charge in [-0.3, -0.25) is 19.3 Å². The number of carbonyl (C=O) groups excluding carboxylic acids is 5. The molecule has 0 aromatic heterocycles. The lowest BCUT2D eigenvalue weighted by atomic mass is 9.95. The Morgan fingerprint density at radius 3 is 2.31 bits per heavy atom. The molecule has 0 radical (unpaired) electrons. The van der Waals surface area contributed by atoms with E-state index in [1.165, 1.54) is 19.6 Å². The van der Waals surface area contributed by atoms with E-state index in [0.29, 0.717) is 24.3 Å². The minimum atomic E-state index is -1.64. The Hall–Kier alpha value is -3.63. The van der Waals surface area contributed by atoms with Crippen LogP contribution in [-0.4, -0.2) is 95.6 Å². The molecule has 3 aliphatic rings. The van der Waals surface area contributed by atoms with Gasteiger partial charge < -0.3 is 24.2 Å². The van der Waals surface area contributed by atoms with Gasteiger partial charge in [-0.15, -0.1) is 0 Å². The molecular formula is C24H30N4O7. The highest BCUT2D eigenvalue weighted by Crippen LogP contribution is 2.45. The third kappa shape index (κ3) is 4.08. The van der Waals surface area contributed by atoms with Crippen LogP contribution in [0, 0.1) is 0 Å². The summed E-state index contributed by atoms with van der Waals surface area (Å²) in [6, 6.07) is 6.29.